The molecule has 0 aromatic heterocycles. The Kier molecular flexibility index (Phi) is 3.52. The summed E-state index contributed by atoms with van der Waals surface area (Å²) in [6, 6.07) is 4.93. The van der Waals surface area contributed by atoms with Gasteiger partial charge in [-0.25, -0.2) is 4.39 Å². The van der Waals surface area contributed by atoms with Crippen molar-refractivity contribution in [3.63, 3.8) is 0 Å². The Morgan fingerprint density at radius 2 is 2.11 bits per heavy atom. The molecule has 1 saturated heterocycles. The molecule has 2 N–H and O–H groups in total. The summed E-state index contributed by atoms with van der Waals surface area (Å²) in [4.78, 5) is 13.7. The summed E-state index contributed by atoms with van der Waals surface area (Å²) in [6.07, 6.45) is 0.549. The van der Waals surface area contributed by atoms with Crippen molar-refractivity contribution in [2.45, 2.75) is 33.7 Å². The first-order valence-corrected chi connectivity index (χ1v) is 6.59. The predicted molar refractivity (Wildman–Crippen MR) is 73.8 cm³/mol. The molecule has 0 bridgehead atoms. The molecule has 2 rings (SSSR count). The molecule has 4 heteroatoms. The lowest BCUT2D eigenvalue weighted by molar-refractivity contribution is -0.128. The van der Waals surface area contributed by atoms with Gasteiger partial charge in [-0.15, -0.1) is 0 Å². The van der Waals surface area contributed by atoms with Gasteiger partial charge in [-0.05, 0) is 17.4 Å². The van der Waals surface area contributed by atoms with Crippen LogP contribution in [0.3, 0.4) is 0 Å². The first kappa shape index (κ1) is 13.8. The first-order valence-electron chi connectivity index (χ1n) is 6.59. The Morgan fingerprint density at radius 3 is 2.68 bits per heavy atom. The number of amides is 1. The Hall–Kier alpha value is -1.58. The van der Waals surface area contributed by atoms with Crippen LogP contribution in [0.1, 0.15) is 32.8 Å². The summed E-state index contributed by atoms with van der Waals surface area (Å²) in [6.45, 7) is 7.40. The first-order chi connectivity index (χ1) is 8.79. The van der Waals surface area contributed by atoms with Gasteiger partial charge in [0.25, 0.3) is 0 Å². The summed E-state index contributed by atoms with van der Waals surface area (Å²) in [5, 5.41) is 0. The molecular formula is C15H21FN2O. The molecule has 1 heterocycles. The van der Waals surface area contributed by atoms with Crippen LogP contribution in [-0.2, 0) is 11.3 Å². The maximum Gasteiger partial charge on any atom is 0.223 e. The monoisotopic (exact) mass is 264 g/mol. The van der Waals surface area contributed by atoms with E-state index in [4.69, 9.17) is 5.73 Å². The zero-order chi connectivity index (χ0) is 14.2. The third kappa shape index (κ3) is 2.88. The number of halogens is 1. The fourth-order valence-electron chi connectivity index (χ4n) is 2.43. The van der Waals surface area contributed by atoms with E-state index in [0.717, 1.165) is 0 Å². The van der Waals surface area contributed by atoms with Crippen molar-refractivity contribution in [3.8, 4) is 0 Å². The maximum atomic E-state index is 13.9. The number of nitrogens with zero attached hydrogens (tertiary/aromatic N) is 1. The van der Waals surface area contributed by atoms with Crippen LogP contribution in [0, 0.1) is 17.2 Å². The van der Waals surface area contributed by atoms with Crippen molar-refractivity contribution in [1.29, 1.82) is 0 Å². The van der Waals surface area contributed by atoms with Crippen LogP contribution in [0.4, 0.5) is 10.1 Å². The van der Waals surface area contributed by atoms with E-state index in [9.17, 15) is 9.18 Å². The van der Waals surface area contributed by atoms with Crippen molar-refractivity contribution in [3.05, 3.63) is 29.6 Å². The summed E-state index contributed by atoms with van der Waals surface area (Å²) >= 11 is 0. The number of carbonyl (C=O) groups excluding carboxylic acids is 1. The van der Waals surface area contributed by atoms with E-state index in [2.05, 4.69) is 20.8 Å². The third-order valence-corrected chi connectivity index (χ3v) is 3.91. The molecule has 0 aliphatic carbocycles. The topological polar surface area (TPSA) is 46.3 Å². The van der Waals surface area contributed by atoms with Crippen LogP contribution < -0.4 is 5.73 Å². The highest BCUT2D eigenvalue weighted by molar-refractivity contribution is 5.78. The van der Waals surface area contributed by atoms with Gasteiger partial charge < -0.3 is 10.6 Å². The molecule has 1 fully saturated rings. The van der Waals surface area contributed by atoms with Crippen molar-refractivity contribution in [2.24, 2.45) is 11.3 Å². The number of hydrogen-bond donors (Lipinski definition) is 1. The van der Waals surface area contributed by atoms with Gasteiger partial charge in [0, 0.05) is 25.1 Å². The molecule has 3 nitrogen and oxygen atoms in total. The van der Waals surface area contributed by atoms with Crippen LogP contribution in [-0.4, -0.2) is 17.4 Å². The molecule has 0 spiro atoms. The van der Waals surface area contributed by atoms with Crippen molar-refractivity contribution >= 4 is 11.6 Å². The van der Waals surface area contributed by atoms with E-state index in [1.165, 1.54) is 6.07 Å². The van der Waals surface area contributed by atoms with Gasteiger partial charge in [0.2, 0.25) is 5.91 Å². The highest BCUT2D eigenvalue weighted by Crippen LogP contribution is 2.35. The smallest absolute Gasteiger partial charge is 0.223 e. The van der Waals surface area contributed by atoms with E-state index < -0.39 is 5.82 Å². The number of carbonyl (C=O) groups is 1. The average Bonchev–Trinajstić information content (AvgIpc) is 2.67. The molecule has 1 aliphatic heterocycles. The number of rotatable bonds is 2. The van der Waals surface area contributed by atoms with E-state index in [0.29, 0.717) is 31.0 Å². The highest BCUT2D eigenvalue weighted by Gasteiger charge is 2.36. The molecule has 1 amide bonds. The zero-order valence-electron chi connectivity index (χ0n) is 11.7. The maximum absolute atomic E-state index is 13.9. The molecule has 19 heavy (non-hydrogen) atoms. The van der Waals surface area contributed by atoms with Gasteiger partial charge in [-0.1, -0.05) is 32.9 Å². The van der Waals surface area contributed by atoms with E-state index in [1.54, 1.807) is 17.0 Å². The standard InChI is InChI=1S/C15H21FN2O/c1-15(2,3)11-7-13(19)18(9-11)8-10-5-4-6-12(17)14(10)16/h4-6,11H,7-9,17H2,1-3H3. The van der Waals surface area contributed by atoms with Gasteiger partial charge in [-0.3, -0.25) is 4.79 Å². The third-order valence-electron chi connectivity index (χ3n) is 3.91. The summed E-state index contributed by atoms with van der Waals surface area (Å²) in [5.74, 6) is 0.0142. The number of nitrogen functional groups attached to an aromatic ring is 1. The molecule has 1 aromatic carbocycles. The van der Waals surface area contributed by atoms with Gasteiger partial charge in [0.05, 0.1) is 5.69 Å². The Balaban J connectivity index is 2.12. The second kappa shape index (κ2) is 4.83. The SMILES string of the molecule is CC(C)(C)C1CC(=O)N(Cc2cccc(N)c2F)C1. The Bertz CT molecular complexity index is 493. The summed E-state index contributed by atoms with van der Waals surface area (Å²) in [7, 11) is 0. The largest absolute Gasteiger partial charge is 0.396 e. The second-order valence-electron chi connectivity index (χ2n) is 6.36. The number of benzene rings is 1. The summed E-state index contributed by atoms with van der Waals surface area (Å²) in [5.41, 5.74) is 6.27. The van der Waals surface area contributed by atoms with Gasteiger partial charge in [-0.2, -0.15) is 0 Å². The quantitative estimate of drug-likeness (QED) is 0.835. The molecule has 0 radical (unpaired) electrons. The molecule has 104 valence electrons. The lowest BCUT2D eigenvalue weighted by Crippen LogP contribution is -2.27. The van der Waals surface area contributed by atoms with Crippen molar-refractivity contribution in [2.75, 3.05) is 12.3 Å². The average molecular weight is 264 g/mol. The normalized spacial score (nSPS) is 20.1. The molecule has 1 atom stereocenters. The minimum atomic E-state index is -0.408. The lowest BCUT2D eigenvalue weighted by atomic mass is 9.80. The fourth-order valence-corrected chi connectivity index (χ4v) is 2.43. The lowest BCUT2D eigenvalue weighted by Gasteiger charge is -2.26. The molecule has 0 saturated carbocycles. The number of likely N-dealkylation sites (tertiary alicyclic amines) is 1. The van der Waals surface area contributed by atoms with Crippen LogP contribution >= 0.6 is 0 Å². The van der Waals surface area contributed by atoms with Crippen molar-refractivity contribution < 1.29 is 9.18 Å². The van der Waals surface area contributed by atoms with Gasteiger partial charge in [0.1, 0.15) is 0 Å². The van der Waals surface area contributed by atoms with E-state index >= 15 is 0 Å². The van der Waals surface area contributed by atoms with Gasteiger partial charge in [0.15, 0.2) is 5.82 Å². The zero-order valence-corrected chi connectivity index (χ0v) is 11.7. The highest BCUT2D eigenvalue weighted by atomic mass is 19.1. The minimum Gasteiger partial charge on any atom is -0.396 e. The van der Waals surface area contributed by atoms with Crippen LogP contribution in [0.5, 0.6) is 0 Å². The Labute approximate surface area is 113 Å². The Morgan fingerprint density at radius 1 is 1.42 bits per heavy atom. The van der Waals surface area contributed by atoms with Crippen LogP contribution in [0.15, 0.2) is 18.2 Å². The molecular weight excluding hydrogens is 243 g/mol. The second-order valence-corrected chi connectivity index (χ2v) is 6.36. The number of anilines is 1. The summed E-state index contributed by atoms with van der Waals surface area (Å²) < 4.78 is 13.9. The van der Waals surface area contributed by atoms with E-state index in [-0.39, 0.29) is 17.0 Å². The molecule has 1 aromatic rings. The van der Waals surface area contributed by atoms with Crippen molar-refractivity contribution in [1.82, 2.24) is 4.90 Å². The molecule has 1 unspecified atom stereocenters. The fraction of sp³-hybridized carbons (Fsp3) is 0.533. The van der Waals surface area contributed by atoms with Gasteiger partial charge >= 0.3 is 0 Å². The molecule has 1 aliphatic rings. The number of nitrogens with two attached hydrogens (primary N) is 1. The van der Waals surface area contributed by atoms with Crippen LogP contribution in [0.25, 0.3) is 0 Å². The van der Waals surface area contributed by atoms with Crippen LogP contribution in [0.2, 0.25) is 0 Å². The predicted octanol–water partition coefficient (Wildman–Crippen LogP) is 2.80. The van der Waals surface area contributed by atoms with E-state index in [1.807, 2.05) is 0 Å². The number of hydrogen-bond acceptors (Lipinski definition) is 2. The minimum absolute atomic E-state index is 0.0959.